The molecular weight excluding hydrogens is 360 g/mol. The molecule has 0 aliphatic rings. The molecular formula is C18H18O9. The van der Waals surface area contributed by atoms with Gasteiger partial charge in [-0.3, -0.25) is 0 Å². The highest BCUT2D eigenvalue weighted by molar-refractivity contribution is 5.90. The maximum absolute atomic E-state index is 11.4. The number of aromatic carboxylic acids is 2. The molecule has 0 spiro atoms. The zero-order valence-corrected chi connectivity index (χ0v) is 15.1. The van der Waals surface area contributed by atoms with E-state index in [1.807, 2.05) is 0 Å². The first-order chi connectivity index (χ1) is 12.9. The highest BCUT2D eigenvalue weighted by Gasteiger charge is 2.22. The summed E-state index contributed by atoms with van der Waals surface area (Å²) >= 11 is 0. The van der Waals surface area contributed by atoms with Crippen LogP contribution in [-0.2, 0) is 0 Å². The van der Waals surface area contributed by atoms with E-state index in [-0.39, 0.29) is 45.6 Å². The number of methoxy groups -OCH3 is 4. The quantitative estimate of drug-likeness (QED) is 0.714. The van der Waals surface area contributed by atoms with E-state index in [9.17, 15) is 19.8 Å². The first-order valence-corrected chi connectivity index (χ1v) is 7.52. The zero-order valence-electron chi connectivity index (χ0n) is 15.1. The normalized spacial score (nSPS) is 10.1. The first kappa shape index (κ1) is 19.7. The molecule has 0 radical (unpaired) electrons. The van der Waals surface area contributed by atoms with E-state index in [0.29, 0.717) is 0 Å². The van der Waals surface area contributed by atoms with E-state index in [1.54, 1.807) is 0 Å². The average Bonchev–Trinajstić information content (AvgIpc) is 2.66. The maximum atomic E-state index is 11.4. The van der Waals surface area contributed by atoms with Gasteiger partial charge in [-0.05, 0) is 24.3 Å². The Morgan fingerprint density at radius 3 is 1.33 bits per heavy atom. The monoisotopic (exact) mass is 378 g/mol. The van der Waals surface area contributed by atoms with Crippen molar-refractivity contribution in [2.75, 3.05) is 28.4 Å². The van der Waals surface area contributed by atoms with Gasteiger partial charge in [0, 0.05) is 0 Å². The van der Waals surface area contributed by atoms with Crippen LogP contribution in [0.2, 0.25) is 0 Å². The Morgan fingerprint density at radius 1 is 0.630 bits per heavy atom. The van der Waals surface area contributed by atoms with E-state index in [1.165, 1.54) is 52.7 Å². The van der Waals surface area contributed by atoms with Gasteiger partial charge in [0.2, 0.25) is 11.5 Å². The lowest BCUT2D eigenvalue weighted by atomic mass is 10.1. The Morgan fingerprint density at radius 2 is 1.00 bits per heavy atom. The second-order valence-electron chi connectivity index (χ2n) is 5.13. The minimum atomic E-state index is -1.19. The molecule has 0 amide bonds. The van der Waals surface area contributed by atoms with E-state index < -0.39 is 11.9 Å². The van der Waals surface area contributed by atoms with E-state index in [2.05, 4.69) is 0 Å². The Bertz CT molecular complexity index is 848. The van der Waals surface area contributed by atoms with Crippen molar-refractivity contribution in [1.29, 1.82) is 0 Å². The Kier molecular flexibility index (Phi) is 5.96. The molecule has 0 aliphatic carbocycles. The molecule has 2 rings (SSSR count). The zero-order chi connectivity index (χ0) is 20.1. The molecule has 0 unspecified atom stereocenters. The second-order valence-corrected chi connectivity index (χ2v) is 5.13. The fraction of sp³-hybridized carbons (Fsp3) is 0.222. The Labute approximate surface area is 154 Å². The minimum Gasteiger partial charge on any atom is -0.493 e. The van der Waals surface area contributed by atoms with Crippen LogP contribution in [0.1, 0.15) is 20.7 Å². The highest BCUT2D eigenvalue weighted by atomic mass is 16.6. The van der Waals surface area contributed by atoms with Gasteiger partial charge < -0.3 is 33.9 Å². The summed E-state index contributed by atoms with van der Waals surface area (Å²) in [6.07, 6.45) is 0. The molecule has 144 valence electrons. The summed E-state index contributed by atoms with van der Waals surface area (Å²) in [7, 11) is 5.39. The largest absolute Gasteiger partial charge is 0.493 e. The van der Waals surface area contributed by atoms with Crippen molar-refractivity contribution in [2.24, 2.45) is 0 Å². The Hall–Kier alpha value is -3.62. The van der Waals surface area contributed by atoms with Crippen LogP contribution >= 0.6 is 0 Å². The number of carboxylic acid groups (broad SMARTS) is 2. The third-order valence-corrected chi connectivity index (χ3v) is 3.61. The van der Waals surface area contributed by atoms with Gasteiger partial charge in [0.1, 0.15) is 0 Å². The topological polar surface area (TPSA) is 121 Å². The molecule has 9 heteroatoms. The van der Waals surface area contributed by atoms with E-state index in [0.717, 1.165) is 0 Å². The van der Waals surface area contributed by atoms with Crippen LogP contribution in [0.5, 0.6) is 34.5 Å². The Balaban J connectivity index is 2.67. The van der Waals surface area contributed by atoms with E-state index >= 15 is 0 Å². The number of carboxylic acids is 2. The van der Waals surface area contributed by atoms with Gasteiger partial charge in [-0.2, -0.15) is 0 Å². The van der Waals surface area contributed by atoms with Gasteiger partial charge in [-0.1, -0.05) is 0 Å². The number of carbonyl (C=O) groups is 2. The molecule has 27 heavy (non-hydrogen) atoms. The summed E-state index contributed by atoms with van der Waals surface area (Å²) in [5, 5.41) is 18.5. The maximum Gasteiger partial charge on any atom is 0.335 e. The fourth-order valence-corrected chi connectivity index (χ4v) is 2.34. The van der Waals surface area contributed by atoms with Crippen LogP contribution < -0.4 is 23.7 Å². The lowest BCUT2D eigenvalue weighted by Crippen LogP contribution is -2.04. The number of rotatable bonds is 8. The SMILES string of the molecule is COc1cc(C(=O)O)cc(Oc2c(OC)cc(C(=O)O)cc2OC)c1OC. The third-order valence-electron chi connectivity index (χ3n) is 3.61. The average molecular weight is 378 g/mol. The minimum absolute atomic E-state index is 0.0222. The van der Waals surface area contributed by atoms with Crippen LogP contribution in [-0.4, -0.2) is 50.6 Å². The molecule has 2 N–H and O–H groups in total. The first-order valence-electron chi connectivity index (χ1n) is 7.52. The molecule has 0 heterocycles. The summed E-state index contributed by atoms with van der Waals surface area (Å²) < 4.78 is 26.6. The molecule has 0 aliphatic heterocycles. The summed E-state index contributed by atoms with van der Waals surface area (Å²) in [6.45, 7) is 0. The predicted molar refractivity (Wildman–Crippen MR) is 93.1 cm³/mol. The van der Waals surface area contributed by atoms with Crippen molar-refractivity contribution in [3.05, 3.63) is 35.4 Å². The predicted octanol–water partition coefficient (Wildman–Crippen LogP) is 2.91. The summed E-state index contributed by atoms with van der Waals surface area (Å²) in [5.41, 5.74) is -0.164. The summed E-state index contributed by atoms with van der Waals surface area (Å²) in [4.78, 5) is 22.6. The summed E-state index contributed by atoms with van der Waals surface area (Å²) in [5.74, 6) is -1.85. The van der Waals surface area contributed by atoms with Crippen molar-refractivity contribution >= 4 is 11.9 Å². The number of ether oxygens (including phenoxy) is 5. The van der Waals surface area contributed by atoms with Crippen molar-refractivity contribution in [3.63, 3.8) is 0 Å². The lowest BCUT2D eigenvalue weighted by molar-refractivity contribution is 0.0685. The molecule has 0 saturated carbocycles. The second kappa shape index (κ2) is 8.17. The number of hydrogen-bond donors (Lipinski definition) is 2. The van der Waals surface area contributed by atoms with Crippen LogP contribution in [0.25, 0.3) is 0 Å². The van der Waals surface area contributed by atoms with Crippen LogP contribution in [0.4, 0.5) is 0 Å². The van der Waals surface area contributed by atoms with Crippen LogP contribution in [0, 0.1) is 0 Å². The van der Waals surface area contributed by atoms with Crippen molar-refractivity contribution in [1.82, 2.24) is 0 Å². The van der Waals surface area contributed by atoms with Gasteiger partial charge >= 0.3 is 11.9 Å². The summed E-state index contributed by atoms with van der Waals surface area (Å²) in [6, 6.07) is 5.04. The molecule has 0 bridgehead atoms. The van der Waals surface area contributed by atoms with Crippen molar-refractivity contribution in [3.8, 4) is 34.5 Å². The van der Waals surface area contributed by atoms with Gasteiger partial charge in [-0.25, -0.2) is 9.59 Å². The molecule has 0 aromatic heterocycles. The highest BCUT2D eigenvalue weighted by Crippen LogP contribution is 2.46. The van der Waals surface area contributed by atoms with Gasteiger partial charge in [0.05, 0.1) is 39.6 Å². The third kappa shape index (κ3) is 3.97. The number of benzene rings is 2. The molecule has 0 fully saturated rings. The molecule has 2 aromatic rings. The molecule has 9 nitrogen and oxygen atoms in total. The molecule has 2 aromatic carbocycles. The number of hydrogen-bond acceptors (Lipinski definition) is 7. The fourth-order valence-electron chi connectivity index (χ4n) is 2.34. The molecule has 0 atom stereocenters. The van der Waals surface area contributed by atoms with Gasteiger partial charge in [-0.15, -0.1) is 0 Å². The lowest BCUT2D eigenvalue weighted by Gasteiger charge is -2.18. The standard InChI is InChI=1S/C18H18O9/c1-23-11-5-10(18(21)22)8-14(15(11)26-4)27-16-12(24-2)6-9(17(19)20)7-13(16)25-3/h5-8H,1-4H3,(H,19,20)(H,21,22). The van der Waals surface area contributed by atoms with Crippen molar-refractivity contribution < 1.29 is 43.5 Å². The van der Waals surface area contributed by atoms with Crippen LogP contribution in [0.15, 0.2) is 24.3 Å². The van der Waals surface area contributed by atoms with Gasteiger partial charge in [0.25, 0.3) is 0 Å². The van der Waals surface area contributed by atoms with Gasteiger partial charge in [0.15, 0.2) is 23.0 Å². The molecule has 0 saturated heterocycles. The van der Waals surface area contributed by atoms with Crippen molar-refractivity contribution in [2.45, 2.75) is 0 Å². The van der Waals surface area contributed by atoms with Crippen LogP contribution in [0.3, 0.4) is 0 Å². The van der Waals surface area contributed by atoms with E-state index in [4.69, 9.17) is 23.7 Å². The smallest absolute Gasteiger partial charge is 0.335 e.